The van der Waals surface area contributed by atoms with Crippen LogP contribution in [0.3, 0.4) is 0 Å². The molecule has 0 bridgehead atoms. The largest absolute Gasteiger partial charge is 0.342 e. The van der Waals surface area contributed by atoms with Gasteiger partial charge in [-0.05, 0) is 25.0 Å². The van der Waals surface area contributed by atoms with Crippen molar-refractivity contribution in [1.29, 1.82) is 0 Å². The van der Waals surface area contributed by atoms with Crippen molar-refractivity contribution in [3.05, 3.63) is 71.9 Å². The number of benzene rings is 2. The van der Waals surface area contributed by atoms with Crippen LogP contribution in [0, 0.1) is 0 Å². The molecule has 1 fully saturated rings. The van der Waals surface area contributed by atoms with Gasteiger partial charge in [0.1, 0.15) is 0 Å². The zero-order chi connectivity index (χ0) is 19.7. The maximum Gasteiger partial charge on any atom is 0.256 e. The number of amides is 1. The maximum atomic E-state index is 13.4. The number of carbonyl (C=O) groups is 1. The smallest absolute Gasteiger partial charge is 0.256 e. The lowest BCUT2D eigenvalue weighted by atomic mass is 10.1. The van der Waals surface area contributed by atoms with E-state index in [1.165, 1.54) is 0 Å². The minimum Gasteiger partial charge on any atom is -0.342 e. The van der Waals surface area contributed by atoms with Crippen LogP contribution in [0.15, 0.2) is 60.8 Å². The standard InChI is InChI=1S/C22H24N2O3S/c1-2-24(18-12-13-28(26,27)16-18)22(25)20-15-23(14-17-8-4-3-5-9-17)21-11-7-6-10-19(20)21/h3-11,15,18H,2,12-14,16H2,1H3. The lowest BCUT2D eigenvalue weighted by Crippen LogP contribution is -2.40. The van der Waals surface area contributed by atoms with Crippen LogP contribution in [0.1, 0.15) is 29.3 Å². The van der Waals surface area contributed by atoms with Crippen LogP contribution in [-0.2, 0) is 16.4 Å². The normalized spacial score (nSPS) is 18.4. The van der Waals surface area contributed by atoms with Gasteiger partial charge in [-0.25, -0.2) is 8.42 Å². The van der Waals surface area contributed by atoms with Gasteiger partial charge >= 0.3 is 0 Å². The van der Waals surface area contributed by atoms with Crippen LogP contribution in [-0.4, -0.2) is 47.9 Å². The van der Waals surface area contributed by atoms with Crippen LogP contribution < -0.4 is 0 Å². The van der Waals surface area contributed by atoms with Crippen molar-refractivity contribution in [2.75, 3.05) is 18.1 Å². The van der Waals surface area contributed by atoms with Gasteiger partial charge in [0.25, 0.3) is 5.91 Å². The van der Waals surface area contributed by atoms with E-state index in [1.807, 2.05) is 55.6 Å². The molecule has 0 radical (unpaired) electrons. The summed E-state index contributed by atoms with van der Waals surface area (Å²) in [5.41, 5.74) is 2.80. The van der Waals surface area contributed by atoms with Crippen molar-refractivity contribution in [3.63, 3.8) is 0 Å². The predicted octanol–water partition coefficient (Wildman–Crippen LogP) is 3.34. The molecule has 2 heterocycles. The Bertz CT molecular complexity index is 1100. The molecule has 5 nitrogen and oxygen atoms in total. The van der Waals surface area contributed by atoms with Crippen molar-refractivity contribution >= 4 is 26.6 Å². The molecule has 0 N–H and O–H groups in total. The first kappa shape index (κ1) is 18.7. The number of hydrogen-bond donors (Lipinski definition) is 0. The van der Waals surface area contributed by atoms with Crippen LogP contribution in [0.2, 0.25) is 0 Å². The summed E-state index contributed by atoms with van der Waals surface area (Å²) in [5.74, 6) is 0.138. The molecule has 1 atom stereocenters. The number of nitrogens with zero attached hydrogens (tertiary/aromatic N) is 2. The Hall–Kier alpha value is -2.60. The Morgan fingerprint density at radius 2 is 1.82 bits per heavy atom. The van der Waals surface area contributed by atoms with Gasteiger partial charge in [0.05, 0.1) is 17.1 Å². The highest BCUT2D eigenvalue weighted by Crippen LogP contribution is 2.26. The third kappa shape index (κ3) is 3.56. The molecule has 4 rings (SSSR count). The molecule has 1 unspecified atom stereocenters. The zero-order valence-electron chi connectivity index (χ0n) is 15.9. The minimum atomic E-state index is -3.04. The first-order chi connectivity index (χ1) is 13.5. The number of fused-ring (bicyclic) bond motifs is 1. The average molecular weight is 397 g/mol. The number of aromatic nitrogens is 1. The summed E-state index contributed by atoms with van der Waals surface area (Å²) in [4.78, 5) is 15.1. The molecular weight excluding hydrogens is 372 g/mol. The molecular formula is C22H24N2O3S. The molecule has 0 saturated carbocycles. The zero-order valence-corrected chi connectivity index (χ0v) is 16.7. The summed E-state index contributed by atoms with van der Waals surface area (Å²) in [5, 5.41) is 0.905. The second kappa shape index (κ2) is 7.43. The van der Waals surface area contributed by atoms with E-state index in [4.69, 9.17) is 0 Å². The molecule has 28 heavy (non-hydrogen) atoms. The van der Waals surface area contributed by atoms with Crippen LogP contribution in [0.5, 0.6) is 0 Å². The number of sulfone groups is 1. The average Bonchev–Trinajstić information content (AvgIpc) is 3.23. The highest BCUT2D eigenvalue weighted by atomic mass is 32.2. The monoisotopic (exact) mass is 396 g/mol. The first-order valence-corrected chi connectivity index (χ1v) is 11.4. The van der Waals surface area contributed by atoms with E-state index >= 15 is 0 Å². The Kier molecular flexibility index (Phi) is 4.98. The molecule has 2 aromatic carbocycles. The fraction of sp³-hybridized carbons (Fsp3) is 0.318. The fourth-order valence-electron chi connectivity index (χ4n) is 4.07. The van der Waals surface area contributed by atoms with Gasteiger partial charge in [-0.15, -0.1) is 0 Å². The lowest BCUT2D eigenvalue weighted by molar-refractivity contribution is 0.0710. The quantitative estimate of drug-likeness (QED) is 0.665. The summed E-state index contributed by atoms with van der Waals surface area (Å²) < 4.78 is 25.9. The van der Waals surface area contributed by atoms with E-state index in [1.54, 1.807) is 4.90 Å². The summed E-state index contributed by atoms with van der Waals surface area (Å²) in [6.45, 7) is 3.09. The van der Waals surface area contributed by atoms with Crippen molar-refractivity contribution in [2.24, 2.45) is 0 Å². The van der Waals surface area contributed by atoms with Crippen molar-refractivity contribution in [3.8, 4) is 0 Å². The summed E-state index contributed by atoms with van der Waals surface area (Å²) in [7, 11) is -3.04. The summed E-state index contributed by atoms with van der Waals surface area (Å²) in [6.07, 6.45) is 2.43. The fourth-order valence-corrected chi connectivity index (χ4v) is 5.80. The van der Waals surface area contributed by atoms with E-state index in [9.17, 15) is 13.2 Å². The van der Waals surface area contributed by atoms with Gasteiger partial charge in [0.15, 0.2) is 9.84 Å². The van der Waals surface area contributed by atoms with E-state index in [0.29, 0.717) is 25.1 Å². The van der Waals surface area contributed by atoms with E-state index in [0.717, 1.165) is 16.5 Å². The molecule has 0 aliphatic carbocycles. The number of rotatable bonds is 5. The molecule has 6 heteroatoms. The van der Waals surface area contributed by atoms with E-state index < -0.39 is 9.84 Å². The first-order valence-electron chi connectivity index (χ1n) is 9.61. The third-order valence-corrected chi connectivity index (χ3v) is 7.22. The van der Waals surface area contributed by atoms with Gasteiger partial charge in [-0.3, -0.25) is 4.79 Å². The van der Waals surface area contributed by atoms with E-state index in [-0.39, 0.29) is 23.5 Å². The van der Waals surface area contributed by atoms with Gasteiger partial charge < -0.3 is 9.47 Å². The summed E-state index contributed by atoms with van der Waals surface area (Å²) in [6, 6.07) is 17.8. The van der Waals surface area contributed by atoms with Crippen LogP contribution >= 0.6 is 0 Å². The maximum absolute atomic E-state index is 13.4. The van der Waals surface area contributed by atoms with Crippen LogP contribution in [0.25, 0.3) is 10.9 Å². The highest BCUT2D eigenvalue weighted by Gasteiger charge is 2.35. The third-order valence-electron chi connectivity index (χ3n) is 5.47. The molecule has 1 saturated heterocycles. The predicted molar refractivity (Wildman–Crippen MR) is 111 cm³/mol. The van der Waals surface area contributed by atoms with Gasteiger partial charge in [0.2, 0.25) is 0 Å². The second-order valence-corrected chi connectivity index (χ2v) is 9.55. The topological polar surface area (TPSA) is 59.4 Å². The Morgan fingerprint density at radius 1 is 1.11 bits per heavy atom. The molecule has 3 aromatic rings. The van der Waals surface area contributed by atoms with Crippen molar-refractivity contribution in [2.45, 2.75) is 25.9 Å². The Labute approximate surface area is 165 Å². The number of carbonyl (C=O) groups excluding carboxylic acids is 1. The molecule has 1 amide bonds. The van der Waals surface area contributed by atoms with Crippen LogP contribution in [0.4, 0.5) is 0 Å². The highest BCUT2D eigenvalue weighted by molar-refractivity contribution is 7.91. The Morgan fingerprint density at radius 3 is 2.50 bits per heavy atom. The number of hydrogen-bond acceptors (Lipinski definition) is 3. The van der Waals surface area contributed by atoms with E-state index in [2.05, 4.69) is 16.7 Å². The molecule has 1 aliphatic rings. The second-order valence-electron chi connectivity index (χ2n) is 7.32. The van der Waals surface area contributed by atoms with Crippen molar-refractivity contribution in [1.82, 2.24) is 9.47 Å². The van der Waals surface area contributed by atoms with Crippen molar-refractivity contribution < 1.29 is 13.2 Å². The summed E-state index contributed by atoms with van der Waals surface area (Å²) >= 11 is 0. The Balaban J connectivity index is 1.71. The van der Waals surface area contributed by atoms with Gasteiger partial charge in [0, 0.05) is 36.2 Å². The molecule has 1 aliphatic heterocycles. The van der Waals surface area contributed by atoms with Gasteiger partial charge in [-0.1, -0.05) is 48.5 Å². The van der Waals surface area contributed by atoms with Gasteiger partial charge in [-0.2, -0.15) is 0 Å². The lowest BCUT2D eigenvalue weighted by Gasteiger charge is -2.26. The molecule has 0 spiro atoms. The number of para-hydroxylation sites is 1. The molecule has 1 aromatic heterocycles. The molecule has 146 valence electrons. The SMILES string of the molecule is CCN(C(=O)c1cn(Cc2ccccc2)c2ccccc12)C1CCS(=O)(=O)C1. The minimum absolute atomic E-state index is 0.0647.